The molecule has 0 bridgehead atoms. The Bertz CT molecular complexity index is 1050. The van der Waals surface area contributed by atoms with Crippen molar-refractivity contribution in [2.45, 2.75) is 24.5 Å². The highest BCUT2D eigenvalue weighted by Crippen LogP contribution is 2.69. The first kappa shape index (κ1) is 24.9. The van der Waals surface area contributed by atoms with Crippen LogP contribution in [-0.2, 0) is 34.3 Å². The Balaban J connectivity index is 1.68. The van der Waals surface area contributed by atoms with E-state index in [2.05, 4.69) is 39.9 Å². The van der Waals surface area contributed by atoms with Gasteiger partial charge in [0.15, 0.2) is 17.7 Å². The van der Waals surface area contributed by atoms with Crippen LogP contribution in [0.25, 0.3) is 11.2 Å². The SMILES string of the molecule is Nc1ncnc2c1ncn2[C@@H]1O[C@H](CO[P+](O)(O)OP(=O)(O)OP(O)(O)=S)[C@@H](O)[C@H]1O. The van der Waals surface area contributed by atoms with Crippen LogP contribution in [0, 0.1) is 0 Å². The highest BCUT2D eigenvalue weighted by molar-refractivity contribution is 8.08. The van der Waals surface area contributed by atoms with Crippen LogP contribution in [0.15, 0.2) is 12.7 Å². The van der Waals surface area contributed by atoms with Crippen molar-refractivity contribution in [2.24, 2.45) is 0 Å². The van der Waals surface area contributed by atoms with Gasteiger partial charge in [0.1, 0.15) is 36.8 Å². The van der Waals surface area contributed by atoms with Crippen molar-refractivity contribution in [3.8, 4) is 0 Å². The Labute approximate surface area is 178 Å². The summed E-state index contributed by atoms with van der Waals surface area (Å²) >= 11 is 3.99. The third-order valence-electron chi connectivity index (χ3n) is 3.82. The smallest absolute Gasteiger partial charge is 0.387 e. The van der Waals surface area contributed by atoms with Crippen LogP contribution < -0.4 is 5.73 Å². The maximum Gasteiger partial charge on any atom is 0.580 e. The molecule has 31 heavy (non-hydrogen) atoms. The maximum atomic E-state index is 11.5. The van der Waals surface area contributed by atoms with Crippen molar-refractivity contribution >= 4 is 51.5 Å². The van der Waals surface area contributed by atoms with Crippen molar-refractivity contribution in [3.05, 3.63) is 12.7 Å². The van der Waals surface area contributed by atoms with Gasteiger partial charge in [0, 0.05) is 0 Å². The summed E-state index contributed by atoms with van der Waals surface area (Å²) in [7, 11) is -10.5. The van der Waals surface area contributed by atoms with Gasteiger partial charge in [-0.1, -0.05) is 0 Å². The van der Waals surface area contributed by atoms with Gasteiger partial charge in [-0.3, -0.25) is 9.46 Å². The fourth-order valence-electron chi connectivity index (χ4n) is 2.63. The van der Waals surface area contributed by atoms with E-state index in [4.69, 9.17) is 20.3 Å². The number of nitrogen functional groups attached to an aromatic ring is 1. The number of fused-ring (bicyclic) bond motifs is 1. The summed E-state index contributed by atoms with van der Waals surface area (Å²) in [5.41, 5.74) is 6.08. The van der Waals surface area contributed by atoms with Crippen molar-refractivity contribution < 1.29 is 57.1 Å². The van der Waals surface area contributed by atoms with E-state index in [0.717, 1.165) is 6.33 Å². The largest absolute Gasteiger partial charge is 0.580 e. The molecule has 174 valence electrons. The second-order valence-electron chi connectivity index (χ2n) is 6.04. The number of aliphatic hydroxyl groups excluding tert-OH is 2. The normalized spacial score (nSPS) is 26.9. The highest BCUT2D eigenvalue weighted by atomic mass is 32.5. The first-order valence-corrected chi connectivity index (χ1v) is 13.6. The first-order valence-electron chi connectivity index (χ1n) is 7.94. The lowest BCUT2D eigenvalue weighted by Gasteiger charge is -2.17. The van der Waals surface area contributed by atoms with Gasteiger partial charge in [-0.2, -0.15) is 14.3 Å². The minimum absolute atomic E-state index is 0.0657. The second kappa shape index (κ2) is 8.87. The fraction of sp³-hybridized carbons (Fsp3) is 0.500. The zero-order chi connectivity index (χ0) is 23.2. The van der Waals surface area contributed by atoms with E-state index in [0.29, 0.717) is 0 Å². The molecule has 0 amide bonds. The molecule has 1 saturated heterocycles. The zero-order valence-electron chi connectivity index (χ0n) is 15.0. The van der Waals surface area contributed by atoms with Crippen LogP contribution in [0.1, 0.15) is 6.23 Å². The summed E-state index contributed by atoms with van der Waals surface area (Å²) in [5, 5.41) is 20.5. The van der Waals surface area contributed by atoms with Crippen molar-refractivity contribution in [3.63, 3.8) is 0 Å². The molecule has 9 N–H and O–H groups in total. The summed E-state index contributed by atoms with van der Waals surface area (Å²) in [5.74, 6) is 0.0657. The molecule has 1 aliphatic rings. The number of nitrogens with two attached hydrogens (primary N) is 1. The van der Waals surface area contributed by atoms with Gasteiger partial charge in [0.05, 0.1) is 6.33 Å². The van der Waals surface area contributed by atoms with Gasteiger partial charge >= 0.3 is 22.7 Å². The Morgan fingerprint density at radius 1 is 1.23 bits per heavy atom. The summed E-state index contributed by atoms with van der Waals surface area (Å²) in [6.45, 7) is -5.52. The number of imidazole rings is 1. The fourth-order valence-corrected chi connectivity index (χ4v) is 6.46. The number of hydrogen-bond acceptors (Lipinski definition) is 14. The first-order chi connectivity index (χ1) is 14.2. The summed E-state index contributed by atoms with van der Waals surface area (Å²) in [4.78, 5) is 58.1. The number of anilines is 1. The number of rotatable bonds is 8. The van der Waals surface area contributed by atoms with E-state index in [1.165, 1.54) is 10.9 Å². The molecule has 2 aromatic heterocycles. The van der Waals surface area contributed by atoms with E-state index >= 15 is 0 Å². The lowest BCUT2D eigenvalue weighted by Crippen LogP contribution is -2.33. The predicted octanol–water partition coefficient (Wildman–Crippen LogP) is -1.95. The van der Waals surface area contributed by atoms with Crippen LogP contribution in [0.2, 0.25) is 0 Å². The summed E-state index contributed by atoms with van der Waals surface area (Å²) < 4.78 is 30.6. The Morgan fingerprint density at radius 2 is 1.90 bits per heavy atom. The van der Waals surface area contributed by atoms with Crippen molar-refractivity contribution in [1.82, 2.24) is 19.5 Å². The van der Waals surface area contributed by atoms with Gasteiger partial charge < -0.3 is 30.5 Å². The molecule has 1 unspecified atom stereocenters. The molecule has 1 aliphatic heterocycles. The number of phosphoric acid groups is 1. The number of aromatic nitrogens is 4. The zero-order valence-corrected chi connectivity index (χ0v) is 18.5. The number of nitrogens with zero attached hydrogens (tertiary/aromatic N) is 4. The van der Waals surface area contributed by atoms with Gasteiger partial charge in [-0.25, -0.2) is 23.8 Å². The van der Waals surface area contributed by atoms with Gasteiger partial charge in [-0.15, -0.1) is 0 Å². The van der Waals surface area contributed by atoms with Gasteiger partial charge in [0.2, 0.25) is 0 Å². The lowest BCUT2D eigenvalue weighted by atomic mass is 10.1. The quantitative estimate of drug-likeness (QED) is 0.174. The molecule has 17 nitrogen and oxygen atoms in total. The standard InChI is InChI=1S/C10H16N5O12P3S/c11-8-5-9(13-2-12-8)15(3-14-5)10-7(17)6(16)4(25-10)1-24-28(18,19)26-29(20,21)27-30(22,23)31/h2-4,6-7,10,16-19H,1H2,(H4-,11,12,13,20,21,22,23,31)/p+1/t4-,6-,7-,10-/m1/s1. The van der Waals surface area contributed by atoms with Crippen LogP contribution in [0.5, 0.6) is 0 Å². The molecular weight excluding hydrogens is 507 g/mol. The van der Waals surface area contributed by atoms with Crippen molar-refractivity contribution in [1.29, 1.82) is 0 Å². The van der Waals surface area contributed by atoms with Gasteiger partial charge in [-0.05, 0) is 16.1 Å². The predicted molar refractivity (Wildman–Crippen MR) is 104 cm³/mol. The van der Waals surface area contributed by atoms with E-state index in [1.54, 1.807) is 0 Å². The number of aliphatic hydroxyl groups is 2. The number of hydrogen-bond donors (Lipinski definition) is 8. The summed E-state index contributed by atoms with van der Waals surface area (Å²) in [6.07, 6.45) is -3.40. The average molecular weight is 524 g/mol. The van der Waals surface area contributed by atoms with Gasteiger partial charge in [0.25, 0.3) is 0 Å². The summed E-state index contributed by atoms with van der Waals surface area (Å²) in [6, 6.07) is 0. The molecule has 0 aliphatic carbocycles. The van der Waals surface area contributed by atoms with E-state index in [-0.39, 0.29) is 17.0 Å². The monoisotopic (exact) mass is 524 g/mol. The molecule has 0 radical (unpaired) electrons. The molecule has 0 spiro atoms. The molecule has 0 aromatic carbocycles. The molecule has 3 rings (SSSR count). The Kier molecular flexibility index (Phi) is 7.11. The van der Waals surface area contributed by atoms with Crippen LogP contribution in [0.4, 0.5) is 5.82 Å². The molecule has 5 atom stereocenters. The van der Waals surface area contributed by atoms with E-state index in [1.807, 2.05) is 0 Å². The molecule has 3 heterocycles. The molecule has 1 fully saturated rings. The highest BCUT2D eigenvalue weighted by Gasteiger charge is 2.53. The third kappa shape index (κ3) is 5.97. The van der Waals surface area contributed by atoms with E-state index < -0.39 is 53.9 Å². The average Bonchev–Trinajstić information content (AvgIpc) is 3.13. The Hall–Kier alpha value is -0.780. The minimum atomic E-state index is -5.43. The minimum Gasteiger partial charge on any atom is -0.387 e. The maximum absolute atomic E-state index is 11.5. The third-order valence-corrected chi connectivity index (χ3v) is 8.26. The Morgan fingerprint density at radius 3 is 2.55 bits per heavy atom. The van der Waals surface area contributed by atoms with E-state index in [9.17, 15) is 29.5 Å². The second-order valence-corrected chi connectivity index (χ2v) is 11.9. The topological polar surface area (TPSA) is 265 Å². The van der Waals surface area contributed by atoms with Crippen LogP contribution in [-0.4, -0.2) is 79.1 Å². The lowest BCUT2D eigenvalue weighted by molar-refractivity contribution is -0.0521. The molecule has 21 heteroatoms. The van der Waals surface area contributed by atoms with Crippen molar-refractivity contribution in [2.75, 3.05) is 12.3 Å². The van der Waals surface area contributed by atoms with Crippen LogP contribution in [0.3, 0.4) is 0 Å². The molecule has 2 aromatic rings. The molecule has 0 saturated carbocycles. The molecular formula is C10H17N5O12P3S+. The number of ether oxygens (including phenoxy) is 1. The van der Waals surface area contributed by atoms with Crippen LogP contribution >= 0.6 is 22.7 Å².